The van der Waals surface area contributed by atoms with E-state index in [2.05, 4.69) is 22.2 Å². The molecule has 35 heavy (non-hydrogen) atoms. The van der Waals surface area contributed by atoms with E-state index in [-0.39, 0.29) is 12.0 Å². The first-order valence-electron chi connectivity index (χ1n) is 12.0. The third kappa shape index (κ3) is 6.15. The monoisotopic (exact) mass is 477 g/mol. The molecule has 5 rings (SSSR count). The summed E-state index contributed by atoms with van der Waals surface area (Å²) in [5, 5.41) is 2.89. The minimum absolute atomic E-state index is 0.260. The summed E-state index contributed by atoms with van der Waals surface area (Å²) in [5.74, 6) is 2.82. The first-order valence-corrected chi connectivity index (χ1v) is 12.0. The van der Waals surface area contributed by atoms with Crippen molar-refractivity contribution >= 4 is 5.91 Å². The van der Waals surface area contributed by atoms with Crippen molar-refractivity contribution < 1.29 is 23.4 Å². The van der Waals surface area contributed by atoms with Crippen LogP contribution >= 0.6 is 0 Å². The van der Waals surface area contributed by atoms with E-state index in [0.29, 0.717) is 49.3 Å². The number of furan rings is 1. The maximum absolute atomic E-state index is 12.6. The van der Waals surface area contributed by atoms with Crippen LogP contribution in [-0.2, 0) is 13.2 Å². The number of nitrogens with zero attached hydrogens (tertiary/aromatic N) is 2. The molecule has 2 aromatic carbocycles. The van der Waals surface area contributed by atoms with Gasteiger partial charge in [-0.3, -0.25) is 9.69 Å². The second-order valence-corrected chi connectivity index (χ2v) is 8.99. The number of piperazine rings is 1. The predicted octanol–water partition coefficient (Wildman–Crippen LogP) is 3.18. The highest BCUT2D eigenvalue weighted by Gasteiger charge is 2.23. The molecule has 1 aromatic heterocycles. The van der Waals surface area contributed by atoms with Crippen molar-refractivity contribution in [2.24, 2.45) is 0 Å². The number of nitrogens with one attached hydrogen (secondary N) is 1. The van der Waals surface area contributed by atoms with Gasteiger partial charge < -0.3 is 28.8 Å². The molecule has 1 atom stereocenters. The Morgan fingerprint density at radius 3 is 2.69 bits per heavy atom. The summed E-state index contributed by atoms with van der Waals surface area (Å²) in [6.07, 6.45) is -0.310. The quantitative estimate of drug-likeness (QED) is 0.534. The van der Waals surface area contributed by atoms with Crippen molar-refractivity contribution in [3.63, 3.8) is 0 Å². The Morgan fingerprint density at radius 2 is 1.86 bits per heavy atom. The molecule has 2 aliphatic rings. The van der Waals surface area contributed by atoms with Crippen molar-refractivity contribution in [3.05, 3.63) is 77.7 Å². The third-order valence-corrected chi connectivity index (χ3v) is 6.23. The normalized spacial score (nSPS) is 18.3. The molecule has 0 bridgehead atoms. The lowest BCUT2D eigenvalue weighted by Crippen LogP contribution is -2.43. The van der Waals surface area contributed by atoms with Crippen LogP contribution in [0.5, 0.6) is 17.2 Å². The number of benzene rings is 2. The van der Waals surface area contributed by atoms with Gasteiger partial charge >= 0.3 is 0 Å². The van der Waals surface area contributed by atoms with E-state index in [4.69, 9.17) is 18.6 Å². The van der Waals surface area contributed by atoms with Gasteiger partial charge in [0.05, 0.1) is 13.1 Å². The summed E-state index contributed by atoms with van der Waals surface area (Å²) in [6.45, 7) is 5.93. The highest BCUT2D eigenvalue weighted by Crippen LogP contribution is 2.35. The standard InChI is InChI=1S/C27H31N3O5/c1-29-11-13-30(14-12-29)17-22-8-10-25(34-22)27(31)28-16-23-19-33-24-9-7-21(15-26(24)35-23)32-18-20-5-3-2-4-6-20/h2-10,15,23H,11-14,16-19H2,1H3,(H,28,31)/t23-/m1/s1. The average Bonchev–Trinajstić information content (AvgIpc) is 3.36. The van der Waals surface area contributed by atoms with Gasteiger partial charge in [-0.2, -0.15) is 0 Å². The van der Waals surface area contributed by atoms with Crippen LogP contribution in [0, 0.1) is 0 Å². The summed E-state index contributed by atoms with van der Waals surface area (Å²) in [5.41, 5.74) is 1.09. The maximum Gasteiger partial charge on any atom is 0.287 e. The molecule has 1 N–H and O–H groups in total. The second kappa shape index (κ2) is 10.8. The molecule has 0 radical (unpaired) electrons. The lowest BCUT2D eigenvalue weighted by Gasteiger charge is -2.31. The Bertz CT molecular complexity index is 1120. The van der Waals surface area contributed by atoms with Gasteiger partial charge in [-0.05, 0) is 36.9 Å². The van der Waals surface area contributed by atoms with Crippen LogP contribution in [0.25, 0.3) is 0 Å². The molecular formula is C27H31N3O5. The van der Waals surface area contributed by atoms with E-state index >= 15 is 0 Å². The van der Waals surface area contributed by atoms with Crippen LogP contribution in [0.2, 0.25) is 0 Å². The fourth-order valence-electron chi connectivity index (χ4n) is 4.13. The molecule has 8 nitrogen and oxygen atoms in total. The zero-order chi connectivity index (χ0) is 24.0. The van der Waals surface area contributed by atoms with Crippen molar-refractivity contribution in [3.8, 4) is 17.2 Å². The van der Waals surface area contributed by atoms with Crippen LogP contribution < -0.4 is 19.5 Å². The second-order valence-electron chi connectivity index (χ2n) is 8.99. The number of rotatable bonds is 8. The van der Waals surface area contributed by atoms with E-state index in [1.807, 2.05) is 54.6 Å². The molecule has 0 aliphatic carbocycles. The van der Waals surface area contributed by atoms with Crippen molar-refractivity contribution in [2.75, 3.05) is 46.4 Å². The molecule has 0 spiro atoms. The lowest BCUT2D eigenvalue weighted by atomic mass is 10.2. The van der Waals surface area contributed by atoms with Gasteiger partial charge in [0.2, 0.25) is 0 Å². The molecule has 1 saturated heterocycles. The molecule has 1 fully saturated rings. The number of ether oxygens (including phenoxy) is 3. The van der Waals surface area contributed by atoms with Gasteiger partial charge in [-0.15, -0.1) is 0 Å². The molecule has 184 valence electrons. The molecule has 2 aliphatic heterocycles. The number of carbonyl (C=O) groups is 1. The number of amides is 1. The van der Waals surface area contributed by atoms with Crippen LogP contribution in [0.15, 0.2) is 65.1 Å². The first-order chi connectivity index (χ1) is 17.1. The number of hydrogen-bond donors (Lipinski definition) is 1. The van der Waals surface area contributed by atoms with Gasteiger partial charge in [0.25, 0.3) is 5.91 Å². The number of carbonyl (C=O) groups excluding carboxylic acids is 1. The van der Waals surface area contributed by atoms with Crippen LogP contribution in [0.3, 0.4) is 0 Å². The van der Waals surface area contributed by atoms with E-state index in [0.717, 1.165) is 37.5 Å². The summed E-state index contributed by atoms with van der Waals surface area (Å²) in [7, 11) is 2.13. The number of likely N-dealkylation sites (N-methyl/N-ethyl adjacent to an activating group) is 1. The molecular weight excluding hydrogens is 446 g/mol. The van der Waals surface area contributed by atoms with E-state index in [1.165, 1.54) is 0 Å². The molecule has 0 saturated carbocycles. The predicted molar refractivity (Wildman–Crippen MR) is 131 cm³/mol. The van der Waals surface area contributed by atoms with E-state index < -0.39 is 0 Å². The van der Waals surface area contributed by atoms with Gasteiger partial charge in [-0.25, -0.2) is 0 Å². The Labute approximate surface area is 205 Å². The average molecular weight is 478 g/mol. The summed E-state index contributed by atoms with van der Waals surface area (Å²) in [6, 6.07) is 19.1. The largest absolute Gasteiger partial charge is 0.489 e. The van der Waals surface area contributed by atoms with E-state index in [1.54, 1.807) is 6.07 Å². The molecule has 3 aromatic rings. The highest BCUT2D eigenvalue weighted by atomic mass is 16.6. The van der Waals surface area contributed by atoms with Gasteiger partial charge in [0.1, 0.15) is 30.8 Å². The molecule has 8 heteroatoms. The van der Waals surface area contributed by atoms with Gasteiger partial charge in [0.15, 0.2) is 17.3 Å². The van der Waals surface area contributed by atoms with Crippen molar-refractivity contribution in [1.29, 1.82) is 0 Å². The number of hydrogen-bond acceptors (Lipinski definition) is 7. The van der Waals surface area contributed by atoms with Crippen molar-refractivity contribution in [2.45, 2.75) is 19.3 Å². The SMILES string of the molecule is CN1CCN(Cc2ccc(C(=O)NC[C@@H]3COc4ccc(OCc5ccccc5)cc4O3)o2)CC1. The first kappa shape index (κ1) is 23.3. The van der Waals surface area contributed by atoms with Crippen molar-refractivity contribution in [1.82, 2.24) is 15.1 Å². The highest BCUT2D eigenvalue weighted by molar-refractivity contribution is 5.91. The topological polar surface area (TPSA) is 76.4 Å². The van der Waals surface area contributed by atoms with Crippen LogP contribution in [0.4, 0.5) is 0 Å². The fraction of sp³-hybridized carbons (Fsp3) is 0.370. The Hall–Kier alpha value is -3.49. The maximum atomic E-state index is 12.6. The minimum Gasteiger partial charge on any atom is -0.489 e. The lowest BCUT2D eigenvalue weighted by molar-refractivity contribution is 0.0767. The molecule has 3 heterocycles. The summed E-state index contributed by atoms with van der Waals surface area (Å²) in [4.78, 5) is 17.3. The van der Waals surface area contributed by atoms with E-state index in [9.17, 15) is 4.79 Å². The minimum atomic E-state index is -0.310. The zero-order valence-corrected chi connectivity index (χ0v) is 19.9. The smallest absolute Gasteiger partial charge is 0.287 e. The zero-order valence-electron chi connectivity index (χ0n) is 19.9. The molecule has 1 amide bonds. The Balaban J connectivity index is 1.10. The summed E-state index contributed by atoms with van der Waals surface area (Å²) >= 11 is 0. The van der Waals surface area contributed by atoms with Crippen LogP contribution in [-0.4, -0.2) is 68.2 Å². The summed E-state index contributed by atoms with van der Waals surface area (Å²) < 4.78 is 23.6. The Morgan fingerprint density at radius 1 is 1.03 bits per heavy atom. The van der Waals surface area contributed by atoms with Gasteiger partial charge in [0, 0.05) is 32.2 Å². The molecule has 0 unspecified atom stereocenters. The Kier molecular flexibility index (Phi) is 7.20. The number of fused-ring (bicyclic) bond motifs is 1. The fourth-order valence-corrected chi connectivity index (χ4v) is 4.13. The van der Waals surface area contributed by atoms with Gasteiger partial charge in [-0.1, -0.05) is 30.3 Å². The third-order valence-electron chi connectivity index (χ3n) is 6.23. The van der Waals surface area contributed by atoms with Crippen LogP contribution in [0.1, 0.15) is 21.9 Å².